The predicted molar refractivity (Wildman–Crippen MR) is 113 cm³/mol. The Hall–Kier alpha value is -3.38. The van der Waals surface area contributed by atoms with Gasteiger partial charge in [-0.3, -0.25) is 9.69 Å². The van der Waals surface area contributed by atoms with Crippen molar-refractivity contribution in [3.8, 4) is 0 Å². The first-order valence-electron chi connectivity index (χ1n) is 10.0. The van der Waals surface area contributed by atoms with Gasteiger partial charge in [-0.05, 0) is 30.3 Å². The summed E-state index contributed by atoms with van der Waals surface area (Å²) in [5, 5.41) is 5.15. The van der Waals surface area contributed by atoms with E-state index in [-0.39, 0.29) is 5.91 Å². The number of hydrogen-bond acceptors (Lipinski definition) is 3. The highest BCUT2D eigenvalue weighted by Gasteiger charge is 2.27. The lowest BCUT2D eigenvalue weighted by atomic mass is 10.1. The zero-order valence-corrected chi connectivity index (χ0v) is 16.2. The second-order valence-electron chi connectivity index (χ2n) is 7.52. The lowest BCUT2D eigenvalue weighted by Gasteiger charge is -2.27. The number of aromatic nitrogens is 1. The Balaban J connectivity index is 1.22. The minimum Gasteiger partial charge on any atom is -0.456 e. The number of pyridine rings is 1. The van der Waals surface area contributed by atoms with Crippen LogP contribution in [-0.2, 0) is 4.79 Å². The molecule has 1 aliphatic heterocycles. The first-order chi connectivity index (χ1) is 14.3. The van der Waals surface area contributed by atoms with Crippen LogP contribution in [0.4, 0.5) is 11.5 Å². The van der Waals surface area contributed by atoms with Gasteiger partial charge in [-0.2, -0.15) is 0 Å². The summed E-state index contributed by atoms with van der Waals surface area (Å²) in [6.07, 6.45) is 1.95. The molecule has 0 bridgehead atoms. The van der Waals surface area contributed by atoms with E-state index >= 15 is 0 Å². The number of H-pyrrole nitrogens is 1. The van der Waals surface area contributed by atoms with Gasteiger partial charge in [0.2, 0.25) is 0 Å². The van der Waals surface area contributed by atoms with Gasteiger partial charge < -0.3 is 14.6 Å². The third-order valence-electron chi connectivity index (χ3n) is 5.57. The van der Waals surface area contributed by atoms with Gasteiger partial charge in [0.15, 0.2) is 6.54 Å². The number of anilines is 2. The number of hydrogen-bond donors (Lipinski definition) is 2. The lowest BCUT2D eigenvalue weighted by molar-refractivity contribution is -0.892. The number of carbonyl (C=O) groups is 1. The summed E-state index contributed by atoms with van der Waals surface area (Å²) in [6.45, 7) is 4.26. The molecule has 4 aromatic rings. The molecular weight excluding hydrogens is 364 g/mol. The number of amides is 1. The molecule has 0 spiro atoms. The molecule has 3 heterocycles. The highest BCUT2D eigenvalue weighted by molar-refractivity contribution is 6.06. The second kappa shape index (κ2) is 7.56. The maximum Gasteiger partial charge on any atom is 0.279 e. The molecular formula is C23H24N4O2+2. The van der Waals surface area contributed by atoms with Crippen LogP contribution in [0.1, 0.15) is 0 Å². The number of rotatable bonds is 4. The fourth-order valence-electron chi connectivity index (χ4n) is 4.06. The van der Waals surface area contributed by atoms with Crippen LogP contribution < -0.4 is 20.1 Å². The number of aromatic amines is 1. The molecule has 6 nitrogen and oxygen atoms in total. The second-order valence-corrected chi connectivity index (χ2v) is 7.52. The molecule has 1 saturated heterocycles. The summed E-state index contributed by atoms with van der Waals surface area (Å²) in [7, 11) is 0. The van der Waals surface area contributed by atoms with Crippen molar-refractivity contribution in [1.82, 2.24) is 0 Å². The van der Waals surface area contributed by atoms with Crippen LogP contribution >= 0.6 is 0 Å². The molecule has 6 heteroatoms. The van der Waals surface area contributed by atoms with Crippen LogP contribution in [0.3, 0.4) is 0 Å². The third-order valence-corrected chi connectivity index (χ3v) is 5.57. The molecule has 0 saturated carbocycles. The van der Waals surface area contributed by atoms with E-state index in [0.29, 0.717) is 6.54 Å². The molecule has 0 radical (unpaired) electrons. The van der Waals surface area contributed by atoms with Crippen molar-refractivity contribution in [2.75, 3.05) is 42.9 Å². The van der Waals surface area contributed by atoms with Gasteiger partial charge in [-0.15, -0.1) is 0 Å². The molecule has 146 valence electrons. The van der Waals surface area contributed by atoms with Crippen LogP contribution in [0.25, 0.3) is 21.9 Å². The number of fused-ring (bicyclic) bond motifs is 3. The Bertz CT molecular complexity index is 1150. The molecule has 3 N–H and O–H groups in total. The van der Waals surface area contributed by atoms with Crippen LogP contribution in [0.2, 0.25) is 0 Å². The maximum atomic E-state index is 12.6. The number of para-hydroxylation sites is 1. The molecule has 5 rings (SSSR count). The average molecular weight is 388 g/mol. The highest BCUT2D eigenvalue weighted by atomic mass is 16.3. The van der Waals surface area contributed by atoms with Crippen molar-refractivity contribution < 1.29 is 19.1 Å². The lowest BCUT2D eigenvalue weighted by Crippen LogP contribution is -3.15. The standard InChI is InChI=1S/C23H22N4O2/c28-23(16-26-11-13-27(14-12-26)22-7-3-4-10-24-22)25-17-8-9-21-19(15-17)18-5-1-2-6-20(18)29-21/h1-10,15H,11-14,16H2,(H,25,28)/p+2. The van der Waals surface area contributed by atoms with E-state index in [0.717, 1.165) is 59.6 Å². The monoisotopic (exact) mass is 388 g/mol. The Morgan fingerprint density at radius 1 is 1.00 bits per heavy atom. The van der Waals surface area contributed by atoms with E-state index in [1.807, 2.05) is 60.8 Å². The minimum atomic E-state index is 0.0480. The van der Waals surface area contributed by atoms with Crippen molar-refractivity contribution in [2.45, 2.75) is 0 Å². The van der Waals surface area contributed by atoms with E-state index in [2.05, 4.69) is 21.3 Å². The summed E-state index contributed by atoms with van der Waals surface area (Å²) < 4.78 is 5.86. The molecule has 1 fully saturated rings. The van der Waals surface area contributed by atoms with Crippen molar-refractivity contribution in [1.29, 1.82) is 0 Å². The molecule has 2 aromatic carbocycles. The smallest absolute Gasteiger partial charge is 0.279 e. The average Bonchev–Trinajstić information content (AvgIpc) is 3.13. The summed E-state index contributed by atoms with van der Waals surface area (Å²) >= 11 is 0. The van der Waals surface area contributed by atoms with Crippen molar-refractivity contribution >= 4 is 39.4 Å². The summed E-state index contributed by atoms with van der Waals surface area (Å²) in [5.41, 5.74) is 2.51. The number of nitrogens with one attached hydrogen (secondary N) is 3. The first-order valence-corrected chi connectivity index (χ1v) is 10.0. The molecule has 0 aliphatic carbocycles. The van der Waals surface area contributed by atoms with Gasteiger partial charge in [-0.1, -0.05) is 24.3 Å². The summed E-state index contributed by atoms with van der Waals surface area (Å²) in [5.74, 6) is 1.18. The number of furan rings is 1. The van der Waals surface area contributed by atoms with Crippen LogP contribution in [-0.4, -0.2) is 38.6 Å². The zero-order chi connectivity index (χ0) is 19.6. The molecule has 0 unspecified atom stereocenters. The number of carbonyl (C=O) groups excluding carboxylic acids is 1. The number of quaternary nitrogens is 1. The van der Waals surface area contributed by atoms with Crippen LogP contribution in [0.5, 0.6) is 0 Å². The SMILES string of the molecule is O=C(C[NH+]1CCN(c2cccc[nH+]2)CC1)Nc1ccc2oc3ccccc3c2c1. The van der Waals surface area contributed by atoms with Gasteiger partial charge >= 0.3 is 0 Å². The van der Waals surface area contributed by atoms with Crippen LogP contribution in [0.15, 0.2) is 71.3 Å². The van der Waals surface area contributed by atoms with Gasteiger partial charge in [-0.25, -0.2) is 4.98 Å². The summed E-state index contributed by atoms with van der Waals surface area (Å²) in [6, 6.07) is 19.9. The van der Waals surface area contributed by atoms with Crippen molar-refractivity contribution in [3.63, 3.8) is 0 Å². The van der Waals surface area contributed by atoms with Crippen molar-refractivity contribution in [3.05, 3.63) is 66.9 Å². The van der Waals surface area contributed by atoms with E-state index < -0.39 is 0 Å². The Morgan fingerprint density at radius 2 is 1.79 bits per heavy atom. The van der Waals surface area contributed by atoms with Crippen LogP contribution in [0, 0.1) is 0 Å². The Labute approximate surface area is 168 Å². The van der Waals surface area contributed by atoms with Gasteiger partial charge in [0, 0.05) is 22.5 Å². The van der Waals surface area contributed by atoms with E-state index in [1.165, 1.54) is 4.90 Å². The fourth-order valence-corrected chi connectivity index (χ4v) is 4.06. The third kappa shape index (κ3) is 3.67. The number of nitrogens with zero attached hydrogens (tertiary/aromatic N) is 1. The Morgan fingerprint density at radius 3 is 2.62 bits per heavy atom. The van der Waals surface area contributed by atoms with E-state index in [1.54, 1.807) is 0 Å². The van der Waals surface area contributed by atoms with Gasteiger partial charge in [0.25, 0.3) is 11.7 Å². The van der Waals surface area contributed by atoms with E-state index in [9.17, 15) is 4.79 Å². The maximum absolute atomic E-state index is 12.6. The van der Waals surface area contributed by atoms with E-state index in [4.69, 9.17) is 4.42 Å². The normalized spacial score (nSPS) is 15.1. The summed E-state index contributed by atoms with van der Waals surface area (Å²) in [4.78, 5) is 19.5. The predicted octanol–water partition coefficient (Wildman–Crippen LogP) is 1.74. The Kier molecular flexibility index (Phi) is 4.62. The topological polar surface area (TPSA) is 64.1 Å². The quantitative estimate of drug-likeness (QED) is 0.560. The van der Waals surface area contributed by atoms with Gasteiger partial charge in [0.05, 0.1) is 6.20 Å². The molecule has 2 aromatic heterocycles. The number of piperazine rings is 1. The van der Waals surface area contributed by atoms with Crippen molar-refractivity contribution in [2.24, 2.45) is 0 Å². The molecule has 1 amide bonds. The fraction of sp³-hybridized carbons (Fsp3) is 0.217. The highest BCUT2D eigenvalue weighted by Crippen LogP contribution is 2.30. The minimum absolute atomic E-state index is 0.0480. The first kappa shape index (κ1) is 17.7. The zero-order valence-electron chi connectivity index (χ0n) is 16.2. The molecule has 0 atom stereocenters. The number of benzene rings is 2. The van der Waals surface area contributed by atoms with Gasteiger partial charge in [0.1, 0.15) is 37.3 Å². The molecule has 1 aliphatic rings. The largest absolute Gasteiger partial charge is 0.456 e. The molecule has 29 heavy (non-hydrogen) atoms.